The lowest BCUT2D eigenvalue weighted by Crippen LogP contribution is -2.19. The lowest BCUT2D eigenvalue weighted by molar-refractivity contribution is -0.105. The summed E-state index contributed by atoms with van der Waals surface area (Å²) in [6.45, 7) is 1.41. The SMILES string of the molecule is CN(C)CCOc1cc(Br)ccc1NC=O. The van der Waals surface area contributed by atoms with Crippen molar-refractivity contribution < 1.29 is 9.53 Å². The molecule has 88 valence electrons. The fraction of sp³-hybridized carbons (Fsp3) is 0.364. The van der Waals surface area contributed by atoms with Gasteiger partial charge < -0.3 is 15.0 Å². The maximum atomic E-state index is 10.4. The van der Waals surface area contributed by atoms with Gasteiger partial charge in [-0.2, -0.15) is 0 Å². The summed E-state index contributed by atoms with van der Waals surface area (Å²) in [6.07, 6.45) is 0.641. The number of benzene rings is 1. The molecule has 16 heavy (non-hydrogen) atoms. The number of ether oxygens (including phenoxy) is 1. The number of nitrogens with zero attached hydrogens (tertiary/aromatic N) is 1. The second kappa shape index (κ2) is 6.50. The predicted octanol–water partition coefficient (Wildman–Crippen LogP) is 1.96. The van der Waals surface area contributed by atoms with Crippen molar-refractivity contribution in [3.8, 4) is 5.75 Å². The lowest BCUT2D eigenvalue weighted by Gasteiger charge is -2.13. The van der Waals surface area contributed by atoms with E-state index >= 15 is 0 Å². The van der Waals surface area contributed by atoms with Crippen LogP contribution in [-0.2, 0) is 4.79 Å². The smallest absolute Gasteiger partial charge is 0.211 e. The first-order valence-corrected chi connectivity index (χ1v) is 5.70. The van der Waals surface area contributed by atoms with Gasteiger partial charge >= 0.3 is 0 Å². The number of carbonyl (C=O) groups excluding carboxylic acids is 1. The number of rotatable bonds is 6. The zero-order valence-corrected chi connectivity index (χ0v) is 11.0. The van der Waals surface area contributed by atoms with E-state index in [-0.39, 0.29) is 0 Å². The van der Waals surface area contributed by atoms with E-state index in [9.17, 15) is 4.79 Å². The molecule has 0 aliphatic heterocycles. The van der Waals surface area contributed by atoms with Crippen LogP contribution in [0.3, 0.4) is 0 Å². The molecule has 0 spiro atoms. The monoisotopic (exact) mass is 286 g/mol. The molecule has 0 aliphatic rings. The van der Waals surface area contributed by atoms with E-state index < -0.39 is 0 Å². The molecule has 0 saturated carbocycles. The van der Waals surface area contributed by atoms with Gasteiger partial charge in [-0.05, 0) is 32.3 Å². The fourth-order valence-electron chi connectivity index (χ4n) is 1.14. The molecular formula is C11H15BrN2O2. The minimum absolute atomic E-state index is 0.580. The first kappa shape index (κ1) is 13.0. The number of nitrogens with one attached hydrogen (secondary N) is 1. The highest BCUT2D eigenvalue weighted by molar-refractivity contribution is 9.10. The van der Waals surface area contributed by atoms with Crippen LogP contribution in [0, 0.1) is 0 Å². The molecule has 0 aromatic heterocycles. The van der Waals surface area contributed by atoms with Gasteiger partial charge in [0.05, 0.1) is 5.69 Å². The first-order valence-electron chi connectivity index (χ1n) is 4.90. The van der Waals surface area contributed by atoms with Crippen molar-refractivity contribution in [3.05, 3.63) is 22.7 Å². The molecule has 0 bridgehead atoms. The van der Waals surface area contributed by atoms with Gasteiger partial charge in [0.1, 0.15) is 12.4 Å². The highest BCUT2D eigenvalue weighted by Gasteiger charge is 2.04. The summed E-state index contributed by atoms with van der Waals surface area (Å²) in [7, 11) is 3.96. The van der Waals surface area contributed by atoms with E-state index in [2.05, 4.69) is 21.2 Å². The van der Waals surface area contributed by atoms with Gasteiger partial charge in [0.25, 0.3) is 0 Å². The Morgan fingerprint density at radius 2 is 2.25 bits per heavy atom. The van der Waals surface area contributed by atoms with Gasteiger partial charge in [-0.25, -0.2) is 0 Å². The minimum Gasteiger partial charge on any atom is -0.490 e. The maximum absolute atomic E-state index is 10.4. The van der Waals surface area contributed by atoms with E-state index in [1.54, 1.807) is 6.07 Å². The first-order chi connectivity index (χ1) is 7.63. The van der Waals surface area contributed by atoms with Crippen LogP contribution in [-0.4, -0.2) is 38.6 Å². The molecule has 4 nitrogen and oxygen atoms in total. The predicted molar refractivity (Wildman–Crippen MR) is 67.9 cm³/mol. The number of anilines is 1. The number of hydrogen-bond donors (Lipinski definition) is 1. The highest BCUT2D eigenvalue weighted by atomic mass is 79.9. The average Bonchev–Trinajstić information content (AvgIpc) is 2.21. The third-order valence-electron chi connectivity index (χ3n) is 1.95. The van der Waals surface area contributed by atoms with Crippen LogP contribution in [0.1, 0.15) is 0 Å². The molecule has 0 saturated heterocycles. The van der Waals surface area contributed by atoms with E-state index in [4.69, 9.17) is 4.74 Å². The Bertz CT molecular complexity index is 356. The standard InChI is InChI=1S/C11H15BrN2O2/c1-14(2)5-6-16-11-7-9(12)3-4-10(11)13-8-15/h3-4,7-8H,5-6H2,1-2H3,(H,13,15). The van der Waals surface area contributed by atoms with Crippen LogP contribution in [0.2, 0.25) is 0 Å². The molecule has 0 aliphatic carbocycles. The Morgan fingerprint density at radius 1 is 1.50 bits per heavy atom. The number of hydrogen-bond acceptors (Lipinski definition) is 3. The highest BCUT2D eigenvalue weighted by Crippen LogP contribution is 2.27. The summed E-state index contributed by atoms with van der Waals surface area (Å²) in [6, 6.07) is 5.48. The number of carbonyl (C=O) groups is 1. The average molecular weight is 287 g/mol. The van der Waals surface area contributed by atoms with Crippen LogP contribution < -0.4 is 10.1 Å². The second-order valence-corrected chi connectivity index (χ2v) is 4.47. The van der Waals surface area contributed by atoms with Gasteiger partial charge in [0.15, 0.2) is 0 Å². The summed E-state index contributed by atoms with van der Waals surface area (Å²) in [5, 5.41) is 2.60. The van der Waals surface area contributed by atoms with Gasteiger partial charge in [0.2, 0.25) is 6.41 Å². The molecule has 5 heteroatoms. The van der Waals surface area contributed by atoms with E-state index in [1.165, 1.54) is 0 Å². The number of amides is 1. The Hall–Kier alpha value is -1.07. The molecule has 1 rings (SSSR count). The van der Waals surface area contributed by atoms with Gasteiger partial charge in [-0.15, -0.1) is 0 Å². The summed E-state index contributed by atoms with van der Waals surface area (Å²) < 4.78 is 6.51. The van der Waals surface area contributed by atoms with Crippen molar-refractivity contribution in [3.63, 3.8) is 0 Å². The third kappa shape index (κ3) is 4.20. The molecule has 0 radical (unpaired) electrons. The third-order valence-corrected chi connectivity index (χ3v) is 2.45. The Morgan fingerprint density at radius 3 is 2.88 bits per heavy atom. The van der Waals surface area contributed by atoms with Crippen LogP contribution >= 0.6 is 15.9 Å². The number of likely N-dealkylation sites (N-methyl/N-ethyl adjacent to an activating group) is 1. The van der Waals surface area contributed by atoms with Gasteiger partial charge in [0, 0.05) is 11.0 Å². The number of halogens is 1. The van der Waals surface area contributed by atoms with Crippen LogP contribution in [0.5, 0.6) is 5.75 Å². The molecular weight excluding hydrogens is 272 g/mol. The van der Waals surface area contributed by atoms with Crippen molar-refractivity contribution in [1.29, 1.82) is 0 Å². The molecule has 0 fully saturated rings. The van der Waals surface area contributed by atoms with Gasteiger partial charge in [-0.1, -0.05) is 15.9 Å². The normalized spacial score (nSPS) is 10.2. The quantitative estimate of drug-likeness (QED) is 0.813. The molecule has 0 heterocycles. The summed E-state index contributed by atoms with van der Waals surface area (Å²) in [4.78, 5) is 12.4. The van der Waals surface area contributed by atoms with Crippen molar-refractivity contribution in [2.24, 2.45) is 0 Å². The zero-order chi connectivity index (χ0) is 12.0. The molecule has 1 N–H and O–H groups in total. The van der Waals surface area contributed by atoms with E-state index in [0.29, 0.717) is 24.5 Å². The molecule has 1 aromatic rings. The molecule has 1 amide bonds. The van der Waals surface area contributed by atoms with E-state index in [0.717, 1.165) is 11.0 Å². The fourth-order valence-corrected chi connectivity index (χ4v) is 1.48. The van der Waals surface area contributed by atoms with Crippen molar-refractivity contribution in [2.75, 3.05) is 32.6 Å². The Kier molecular flexibility index (Phi) is 5.28. The second-order valence-electron chi connectivity index (χ2n) is 3.55. The Labute approximate surface area is 104 Å². The van der Waals surface area contributed by atoms with Crippen molar-refractivity contribution in [1.82, 2.24) is 4.90 Å². The van der Waals surface area contributed by atoms with Crippen LogP contribution in [0.25, 0.3) is 0 Å². The zero-order valence-electron chi connectivity index (χ0n) is 9.37. The summed E-state index contributed by atoms with van der Waals surface area (Å²) in [5.74, 6) is 0.670. The molecule has 0 atom stereocenters. The molecule has 1 aromatic carbocycles. The largest absolute Gasteiger partial charge is 0.490 e. The lowest BCUT2D eigenvalue weighted by atomic mass is 10.3. The van der Waals surface area contributed by atoms with Gasteiger partial charge in [-0.3, -0.25) is 4.79 Å². The summed E-state index contributed by atoms with van der Waals surface area (Å²) >= 11 is 3.36. The van der Waals surface area contributed by atoms with Crippen LogP contribution in [0.15, 0.2) is 22.7 Å². The Balaban J connectivity index is 2.67. The van der Waals surface area contributed by atoms with E-state index in [1.807, 2.05) is 31.1 Å². The molecule has 0 unspecified atom stereocenters. The van der Waals surface area contributed by atoms with Crippen molar-refractivity contribution in [2.45, 2.75) is 0 Å². The minimum atomic E-state index is 0.580. The van der Waals surface area contributed by atoms with Crippen LogP contribution in [0.4, 0.5) is 5.69 Å². The van der Waals surface area contributed by atoms with Crippen molar-refractivity contribution >= 4 is 28.0 Å². The maximum Gasteiger partial charge on any atom is 0.211 e. The summed E-state index contributed by atoms with van der Waals surface area (Å²) in [5.41, 5.74) is 0.678. The topological polar surface area (TPSA) is 41.6 Å².